The Balaban J connectivity index is 1.69. The van der Waals surface area contributed by atoms with Crippen LogP contribution in [0.1, 0.15) is 35.8 Å². The predicted octanol–water partition coefficient (Wildman–Crippen LogP) is 2.77. The number of hydrogen-bond acceptors (Lipinski definition) is 3. The van der Waals surface area contributed by atoms with Crippen LogP contribution in [-0.4, -0.2) is 34.2 Å². The second-order valence-electron chi connectivity index (χ2n) is 5.69. The number of benzene rings is 1. The average Bonchev–Trinajstić information content (AvgIpc) is 3.12. The van der Waals surface area contributed by atoms with Gasteiger partial charge < -0.3 is 9.64 Å². The summed E-state index contributed by atoms with van der Waals surface area (Å²) >= 11 is 0. The van der Waals surface area contributed by atoms with Crippen LogP contribution >= 0.6 is 0 Å². The Morgan fingerprint density at radius 2 is 2.14 bits per heavy atom. The highest BCUT2D eigenvalue weighted by Gasteiger charge is 2.32. The third kappa shape index (κ3) is 2.84. The first-order chi connectivity index (χ1) is 10.7. The van der Waals surface area contributed by atoms with Crippen LogP contribution in [-0.2, 0) is 4.79 Å². The molecule has 1 N–H and O–H groups in total. The molecular formula is C17H21N3O2. The van der Waals surface area contributed by atoms with Crippen molar-refractivity contribution < 1.29 is 9.53 Å². The van der Waals surface area contributed by atoms with Crippen LogP contribution in [0.5, 0.6) is 5.75 Å². The number of amides is 1. The molecule has 1 aromatic carbocycles. The van der Waals surface area contributed by atoms with E-state index in [0.29, 0.717) is 0 Å². The van der Waals surface area contributed by atoms with Crippen LogP contribution in [0, 0.1) is 13.8 Å². The molecule has 5 nitrogen and oxygen atoms in total. The largest absolute Gasteiger partial charge is 0.484 e. The Labute approximate surface area is 130 Å². The molecule has 1 aliphatic rings. The maximum absolute atomic E-state index is 12.5. The minimum absolute atomic E-state index is 0.0337. The molecule has 0 saturated carbocycles. The van der Waals surface area contributed by atoms with E-state index < -0.39 is 0 Å². The summed E-state index contributed by atoms with van der Waals surface area (Å²) in [7, 11) is 0. The highest BCUT2D eigenvalue weighted by atomic mass is 16.5. The summed E-state index contributed by atoms with van der Waals surface area (Å²) in [4.78, 5) is 14.4. The van der Waals surface area contributed by atoms with E-state index in [1.807, 2.05) is 49.1 Å². The fourth-order valence-corrected chi connectivity index (χ4v) is 3.16. The van der Waals surface area contributed by atoms with Crippen LogP contribution in [0.4, 0.5) is 0 Å². The van der Waals surface area contributed by atoms with Crippen LogP contribution in [0.3, 0.4) is 0 Å². The maximum atomic E-state index is 12.5. The Morgan fingerprint density at radius 3 is 2.82 bits per heavy atom. The molecule has 2 aromatic rings. The topological polar surface area (TPSA) is 58.2 Å². The Bertz CT molecular complexity index is 632. The number of carbonyl (C=O) groups excluding carboxylic acids is 1. The number of nitrogens with one attached hydrogen (secondary N) is 1. The van der Waals surface area contributed by atoms with Gasteiger partial charge in [0.05, 0.1) is 11.7 Å². The number of aryl methyl sites for hydroxylation is 2. The van der Waals surface area contributed by atoms with E-state index in [9.17, 15) is 4.79 Å². The zero-order valence-corrected chi connectivity index (χ0v) is 13.0. The molecule has 0 radical (unpaired) electrons. The summed E-state index contributed by atoms with van der Waals surface area (Å²) < 4.78 is 5.59. The number of carbonyl (C=O) groups is 1. The van der Waals surface area contributed by atoms with Gasteiger partial charge >= 0.3 is 0 Å². The smallest absolute Gasteiger partial charge is 0.261 e. The molecule has 1 saturated heterocycles. The van der Waals surface area contributed by atoms with Gasteiger partial charge in [0.1, 0.15) is 5.75 Å². The van der Waals surface area contributed by atoms with Crippen molar-refractivity contribution in [3.05, 3.63) is 47.3 Å². The van der Waals surface area contributed by atoms with Crippen molar-refractivity contribution in [3.8, 4) is 5.75 Å². The van der Waals surface area contributed by atoms with Gasteiger partial charge in [-0.1, -0.05) is 18.2 Å². The van der Waals surface area contributed by atoms with Crippen LogP contribution in [0.2, 0.25) is 0 Å². The molecular weight excluding hydrogens is 278 g/mol. The third-order valence-corrected chi connectivity index (χ3v) is 4.20. The first kappa shape index (κ1) is 14.6. The first-order valence-electron chi connectivity index (χ1n) is 7.65. The minimum atomic E-state index is 0.0337. The van der Waals surface area contributed by atoms with E-state index in [0.717, 1.165) is 42.1 Å². The van der Waals surface area contributed by atoms with Crippen molar-refractivity contribution in [1.29, 1.82) is 0 Å². The standard InChI is InChI=1S/C17H21N3O2/c1-12-17(13(2)19-18-12)15-9-6-10-20(15)16(21)11-22-14-7-4-3-5-8-14/h3-5,7-8,15H,6,9-11H2,1-2H3,(H,18,19)/t15-/m0/s1. The molecule has 0 bridgehead atoms. The number of likely N-dealkylation sites (tertiary alicyclic amines) is 1. The molecule has 5 heteroatoms. The van der Waals surface area contributed by atoms with Crippen LogP contribution < -0.4 is 4.74 Å². The number of aromatic nitrogens is 2. The number of nitrogens with zero attached hydrogens (tertiary/aromatic N) is 2. The van der Waals surface area contributed by atoms with Gasteiger partial charge in [-0.3, -0.25) is 9.89 Å². The van der Waals surface area contributed by atoms with Gasteiger partial charge in [0.15, 0.2) is 6.61 Å². The molecule has 22 heavy (non-hydrogen) atoms. The zero-order chi connectivity index (χ0) is 15.5. The van der Waals surface area contributed by atoms with E-state index in [4.69, 9.17) is 4.74 Å². The second kappa shape index (κ2) is 6.22. The van der Waals surface area contributed by atoms with Gasteiger partial charge in [-0.15, -0.1) is 0 Å². The van der Waals surface area contributed by atoms with E-state index in [2.05, 4.69) is 10.2 Å². The van der Waals surface area contributed by atoms with Crippen molar-refractivity contribution >= 4 is 5.91 Å². The number of aromatic amines is 1. The number of H-pyrrole nitrogens is 1. The summed E-state index contributed by atoms with van der Waals surface area (Å²) in [6.45, 7) is 4.86. The quantitative estimate of drug-likeness (QED) is 0.944. The molecule has 1 atom stereocenters. The van der Waals surface area contributed by atoms with E-state index in [-0.39, 0.29) is 18.6 Å². The summed E-state index contributed by atoms with van der Waals surface area (Å²) in [5, 5.41) is 7.27. The molecule has 1 aliphatic heterocycles. The third-order valence-electron chi connectivity index (χ3n) is 4.20. The van der Waals surface area contributed by atoms with E-state index in [1.54, 1.807) is 0 Å². The van der Waals surface area contributed by atoms with Gasteiger partial charge in [0, 0.05) is 17.8 Å². The zero-order valence-electron chi connectivity index (χ0n) is 13.0. The molecule has 2 heterocycles. The minimum Gasteiger partial charge on any atom is -0.484 e. The second-order valence-corrected chi connectivity index (χ2v) is 5.69. The van der Waals surface area contributed by atoms with Crippen LogP contribution in [0.25, 0.3) is 0 Å². The van der Waals surface area contributed by atoms with Crippen molar-refractivity contribution in [2.75, 3.05) is 13.2 Å². The van der Waals surface area contributed by atoms with Crippen molar-refractivity contribution in [3.63, 3.8) is 0 Å². The summed E-state index contributed by atoms with van der Waals surface area (Å²) in [6.07, 6.45) is 2.00. The fourth-order valence-electron chi connectivity index (χ4n) is 3.16. The molecule has 116 valence electrons. The summed E-state index contributed by atoms with van der Waals surface area (Å²) in [5.41, 5.74) is 3.18. The monoisotopic (exact) mass is 299 g/mol. The summed E-state index contributed by atoms with van der Waals surface area (Å²) in [6, 6.07) is 9.56. The molecule has 0 spiro atoms. The molecule has 1 amide bonds. The van der Waals surface area contributed by atoms with Gasteiger partial charge in [0.25, 0.3) is 5.91 Å². The van der Waals surface area contributed by atoms with Crippen molar-refractivity contribution in [2.45, 2.75) is 32.7 Å². The maximum Gasteiger partial charge on any atom is 0.261 e. The Kier molecular flexibility index (Phi) is 4.13. The Hall–Kier alpha value is -2.30. The summed E-state index contributed by atoms with van der Waals surface area (Å²) in [5.74, 6) is 0.758. The average molecular weight is 299 g/mol. The SMILES string of the molecule is Cc1n[nH]c(C)c1[C@@H]1CCCN1C(=O)COc1ccccc1. The molecule has 0 unspecified atom stereocenters. The highest BCUT2D eigenvalue weighted by Crippen LogP contribution is 2.34. The van der Waals surface area contributed by atoms with Crippen molar-refractivity contribution in [1.82, 2.24) is 15.1 Å². The lowest BCUT2D eigenvalue weighted by Crippen LogP contribution is -2.34. The van der Waals surface area contributed by atoms with Gasteiger partial charge in [0.2, 0.25) is 0 Å². The number of ether oxygens (including phenoxy) is 1. The van der Waals surface area contributed by atoms with Gasteiger partial charge in [-0.05, 0) is 38.8 Å². The molecule has 0 aliphatic carbocycles. The number of rotatable bonds is 4. The highest BCUT2D eigenvalue weighted by molar-refractivity contribution is 5.78. The Morgan fingerprint density at radius 1 is 1.36 bits per heavy atom. The van der Waals surface area contributed by atoms with E-state index in [1.165, 1.54) is 0 Å². The molecule has 1 fully saturated rings. The lowest BCUT2D eigenvalue weighted by atomic mass is 10.0. The normalized spacial score (nSPS) is 17.7. The molecule has 1 aromatic heterocycles. The van der Waals surface area contributed by atoms with Crippen LogP contribution in [0.15, 0.2) is 30.3 Å². The first-order valence-corrected chi connectivity index (χ1v) is 7.65. The van der Waals surface area contributed by atoms with Gasteiger partial charge in [-0.2, -0.15) is 5.10 Å². The number of para-hydroxylation sites is 1. The number of hydrogen-bond donors (Lipinski definition) is 1. The lowest BCUT2D eigenvalue weighted by Gasteiger charge is -2.25. The van der Waals surface area contributed by atoms with Gasteiger partial charge in [-0.25, -0.2) is 0 Å². The van der Waals surface area contributed by atoms with E-state index >= 15 is 0 Å². The predicted molar refractivity (Wildman–Crippen MR) is 83.7 cm³/mol. The molecule has 3 rings (SSSR count). The van der Waals surface area contributed by atoms with Crippen molar-refractivity contribution in [2.24, 2.45) is 0 Å². The fraction of sp³-hybridized carbons (Fsp3) is 0.412. The lowest BCUT2D eigenvalue weighted by molar-refractivity contribution is -0.134.